The van der Waals surface area contributed by atoms with Crippen molar-refractivity contribution in [3.05, 3.63) is 33.4 Å². The third-order valence-corrected chi connectivity index (χ3v) is 3.40. The van der Waals surface area contributed by atoms with Crippen LogP contribution in [-0.2, 0) is 15.5 Å². The predicted molar refractivity (Wildman–Crippen MR) is 138 cm³/mol. The van der Waals surface area contributed by atoms with Gasteiger partial charge in [-0.3, -0.25) is 4.57 Å². The quantitative estimate of drug-likeness (QED) is 0.123. The maximum Gasteiger partial charge on any atom is 0.325 e. The standard InChI is InChI=1S/C25H44IO3P/c1-30(27,28)29-23-17-15-13-11-9-7-5-3-2-4-6-8-10-12-14-16-18-24-19-21-25(26)22-20-24/h19-22H,2-18,23H2,1H3,(H,27,28)/i2D2,3D2,4D2,5D2,6D2,7D2,8D2,9D2,10D2,11D2,12D2,13D2,14D2,15D2,16D2,17D2,18D2,23D2. The van der Waals surface area contributed by atoms with Gasteiger partial charge < -0.3 is 9.42 Å². The van der Waals surface area contributed by atoms with Gasteiger partial charge in [-0.05, 0) is 59.4 Å². The lowest BCUT2D eigenvalue weighted by atomic mass is 10.0. The lowest BCUT2D eigenvalue weighted by Gasteiger charge is -2.06. The van der Waals surface area contributed by atoms with Crippen molar-refractivity contribution >= 4 is 30.2 Å². The van der Waals surface area contributed by atoms with Gasteiger partial charge in [0.2, 0.25) is 0 Å². The van der Waals surface area contributed by atoms with E-state index < -0.39 is 128 Å². The van der Waals surface area contributed by atoms with Gasteiger partial charge in [0.25, 0.3) is 0 Å². The van der Waals surface area contributed by atoms with Crippen LogP contribution in [0.4, 0.5) is 0 Å². The smallest absolute Gasteiger partial charge is 0.324 e. The van der Waals surface area contributed by atoms with Crippen molar-refractivity contribution in [2.75, 3.05) is 13.2 Å². The van der Waals surface area contributed by atoms with Crippen LogP contribution in [0.25, 0.3) is 0 Å². The predicted octanol–water partition coefficient (Wildman–Crippen LogP) is 8.91. The summed E-state index contributed by atoms with van der Waals surface area (Å²) in [6, 6.07) is 4.28. The van der Waals surface area contributed by atoms with Gasteiger partial charge in [-0.25, -0.2) is 0 Å². The molecule has 3 nitrogen and oxygen atoms in total. The van der Waals surface area contributed by atoms with Crippen LogP contribution >= 0.6 is 30.2 Å². The highest BCUT2D eigenvalue weighted by Gasteiger charge is 2.08. The number of rotatable bonds is 20. The first-order valence-electron chi connectivity index (χ1n) is 25.7. The Morgan fingerprint density at radius 1 is 0.767 bits per heavy atom. The molecule has 0 aliphatic rings. The van der Waals surface area contributed by atoms with Gasteiger partial charge in [-0.15, -0.1) is 0 Å². The topological polar surface area (TPSA) is 46.5 Å². The van der Waals surface area contributed by atoms with E-state index in [0.29, 0.717) is 3.57 Å². The van der Waals surface area contributed by atoms with Crippen molar-refractivity contribution in [3.63, 3.8) is 0 Å². The maximum absolute atomic E-state index is 11.7. The SMILES string of the molecule is [2H]C([2H])(OP(C)(=O)O)C([2H])([2H])C([2H])([2H])C([2H])([2H])C([2H])([2H])C([2H])([2H])C([2H])([2H])C([2H])([2H])C([2H])([2H])C([2H])([2H])C([2H])([2H])C([2H])([2H])C([2H])([2H])C([2H])([2H])C([2H])([2H])C([2H])([2H])C([2H])([2H])C([2H])([2H])c1ccc(I)cc1. The van der Waals surface area contributed by atoms with Crippen LogP contribution in [0.3, 0.4) is 0 Å². The van der Waals surface area contributed by atoms with E-state index in [0.717, 1.165) is 12.1 Å². The van der Waals surface area contributed by atoms with E-state index in [9.17, 15) is 9.46 Å². The Balaban J connectivity index is 4.11. The van der Waals surface area contributed by atoms with Crippen molar-refractivity contribution in [2.24, 2.45) is 0 Å². The molecule has 30 heavy (non-hydrogen) atoms. The van der Waals surface area contributed by atoms with E-state index >= 15 is 0 Å². The third-order valence-electron chi connectivity index (χ3n) is 2.25. The molecule has 0 saturated heterocycles. The molecule has 0 saturated carbocycles. The van der Waals surface area contributed by atoms with Crippen LogP contribution in [0, 0.1) is 3.57 Å². The molecule has 0 amide bonds. The average molecular weight is 587 g/mol. The summed E-state index contributed by atoms with van der Waals surface area (Å²) in [5, 5.41) is 0. The molecule has 5 heteroatoms. The van der Waals surface area contributed by atoms with E-state index in [4.69, 9.17) is 49.3 Å². The number of halogens is 1. The van der Waals surface area contributed by atoms with Gasteiger partial charge in [0.15, 0.2) is 0 Å². The maximum atomic E-state index is 11.7. The third kappa shape index (κ3) is 18.8. The van der Waals surface area contributed by atoms with Gasteiger partial charge in [-0.1, -0.05) is 101 Å². The van der Waals surface area contributed by atoms with Gasteiger partial charge >= 0.3 is 7.60 Å². The fourth-order valence-electron chi connectivity index (χ4n) is 1.21. The molecule has 0 bridgehead atoms. The van der Waals surface area contributed by atoms with E-state index in [2.05, 4.69) is 4.52 Å². The minimum Gasteiger partial charge on any atom is -0.324 e. The summed E-state index contributed by atoms with van der Waals surface area (Å²) in [6.07, 6.45) is -84.4. The molecule has 0 aliphatic heterocycles. The Hall–Kier alpha value is 0.100. The summed E-state index contributed by atoms with van der Waals surface area (Å²) in [7, 11) is -5.17. The molecule has 1 N–H and O–H groups in total. The molecule has 0 aromatic heterocycles. The van der Waals surface area contributed by atoms with Crippen LogP contribution < -0.4 is 0 Å². The average Bonchev–Trinajstić information content (AvgIpc) is 3.09. The van der Waals surface area contributed by atoms with Crippen molar-refractivity contribution in [1.82, 2.24) is 0 Å². The molecule has 0 aliphatic carbocycles. The van der Waals surface area contributed by atoms with Crippen LogP contribution in [0.1, 0.15) is 157 Å². The Bertz CT molecular complexity index is 1980. The zero-order chi connectivity index (χ0) is 54.2. The van der Waals surface area contributed by atoms with E-state index in [1.807, 2.05) is 0 Å². The molecule has 174 valence electrons. The normalized spacial score (nSPS) is 39.8. The lowest BCUT2D eigenvalue weighted by molar-refractivity contribution is 0.257. The largest absolute Gasteiger partial charge is 0.325 e. The number of hydrogen-bond donors (Lipinski definition) is 1. The lowest BCUT2D eigenvalue weighted by Crippen LogP contribution is -1.91. The van der Waals surface area contributed by atoms with E-state index in [-0.39, 0.29) is 6.66 Å². The van der Waals surface area contributed by atoms with Crippen molar-refractivity contribution in [3.8, 4) is 0 Å². The van der Waals surface area contributed by atoms with Crippen molar-refractivity contribution < 1.29 is 63.3 Å². The number of benzene rings is 1. The summed E-state index contributed by atoms with van der Waals surface area (Å²) < 4.78 is 314. The van der Waals surface area contributed by atoms with Gasteiger partial charge in [0.05, 0.1) is 9.30 Å². The highest BCUT2D eigenvalue weighted by atomic mass is 127. The summed E-state index contributed by atoms with van der Waals surface area (Å²) in [4.78, 5) is 9.44. The minimum atomic E-state index is -5.31. The van der Waals surface area contributed by atoms with E-state index in [1.54, 1.807) is 22.6 Å². The Morgan fingerprint density at radius 2 is 1.13 bits per heavy atom. The highest BCUT2D eigenvalue weighted by molar-refractivity contribution is 14.1. The zero-order valence-electron chi connectivity index (χ0n) is 51.4. The first-order chi connectivity index (χ1) is 28.0. The van der Waals surface area contributed by atoms with Crippen molar-refractivity contribution in [1.29, 1.82) is 0 Å². The number of hydrogen-bond acceptors (Lipinski definition) is 2. The van der Waals surface area contributed by atoms with E-state index in [1.165, 1.54) is 12.1 Å². The first-order valence-corrected chi connectivity index (χ1v) is 10.8. The van der Waals surface area contributed by atoms with Gasteiger partial charge in [-0.2, -0.15) is 0 Å². The molecule has 1 unspecified atom stereocenters. The Labute approximate surface area is 250 Å². The monoisotopic (exact) mass is 586 g/mol. The van der Waals surface area contributed by atoms with Crippen molar-refractivity contribution in [2.45, 2.75) is 108 Å². The van der Waals surface area contributed by atoms with Gasteiger partial charge in [0.1, 0.15) is 0 Å². The molecule has 1 aromatic rings. The second-order valence-corrected chi connectivity index (χ2v) is 7.66. The zero-order valence-corrected chi connectivity index (χ0v) is 18.5. The molecular weight excluding hydrogens is 506 g/mol. The molecule has 1 aromatic carbocycles. The molecule has 1 rings (SSSR count). The van der Waals surface area contributed by atoms with Crippen LogP contribution in [0.2, 0.25) is 0 Å². The summed E-state index contributed by atoms with van der Waals surface area (Å²) in [6.45, 7) is -4.18. The molecule has 0 radical (unpaired) electrons. The summed E-state index contributed by atoms with van der Waals surface area (Å²) in [5.74, 6) is 0. The highest BCUT2D eigenvalue weighted by Crippen LogP contribution is 2.36. The number of aryl methyl sites for hydroxylation is 1. The van der Waals surface area contributed by atoms with Crippen LogP contribution in [0.5, 0.6) is 0 Å². The fourth-order valence-corrected chi connectivity index (χ4v) is 1.78. The van der Waals surface area contributed by atoms with Crippen LogP contribution in [-0.4, -0.2) is 18.1 Å². The summed E-state index contributed by atoms with van der Waals surface area (Å²) in [5.41, 5.74) is -0.676. The summed E-state index contributed by atoms with van der Waals surface area (Å²) >= 11 is 1.75. The Kier molecular flexibility index (Phi) is 3.63. The minimum absolute atomic E-state index is 0.250. The second-order valence-electron chi connectivity index (χ2n) is 4.63. The Morgan fingerprint density at radius 3 is 1.53 bits per heavy atom. The molecule has 0 spiro atoms. The van der Waals surface area contributed by atoms with Gasteiger partial charge in [0, 0.05) is 56.8 Å². The molecule has 0 heterocycles. The van der Waals surface area contributed by atoms with Crippen LogP contribution in [0.15, 0.2) is 24.3 Å². The fraction of sp³-hybridized carbons (Fsp3) is 0.760. The second kappa shape index (κ2) is 18.7. The first kappa shape index (κ1) is 5.83. The molecule has 0 fully saturated rings. The molecular formula is C25H44IO3P. The molecule has 1 atom stereocenters.